The Hall–Kier alpha value is -2.08. The second-order valence-corrected chi connectivity index (χ2v) is 6.07. The predicted octanol–water partition coefficient (Wildman–Crippen LogP) is 5.05. The highest BCUT2D eigenvalue weighted by molar-refractivity contribution is 5.74. The molecule has 0 radical (unpaired) electrons. The van der Waals surface area contributed by atoms with Gasteiger partial charge in [-0.25, -0.2) is 0 Å². The van der Waals surface area contributed by atoms with Crippen molar-refractivity contribution in [1.29, 1.82) is 0 Å². The standard InChI is InChI=1S/C20H18/c1-13-3-5-15-12-20-17(11-18(15)10-13)7-6-16-9-14(2)4-8-19(16)20/h3-11,20H,12H2,1-2H3. The molecule has 2 aromatic rings. The van der Waals surface area contributed by atoms with Gasteiger partial charge in [-0.1, -0.05) is 65.8 Å². The van der Waals surface area contributed by atoms with Crippen LogP contribution in [-0.4, -0.2) is 0 Å². The summed E-state index contributed by atoms with van der Waals surface area (Å²) in [5, 5.41) is 0. The van der Waals surface area contributed by atoms with Crippen molar-refractivity contribution in [2.75, 3.05) is 0 Å². The first-order valence-electron chi connectivity index (χ1n) is 7.30. The molecule has 20 heavy (non-hydrogen) atoms. The van der Waals surface area contributed by atoms with Gasteiger partial charge in [-0.15, -0.1) is 0 Å². The van der Waals surface area contributed by atoms with Crippen LogP contribution in [0.5, 0.6) is 0 Å². The van der Waals surface area contributed by atoms with E-state index in [9.17, 15) is 0 Å². The van der Waals surface area contributed by atoms with E-state index in [1.807, 2.05) is 0 Å². The molecule has 0 spiro atoms. The van der Waals surface area contributed by atoms with Crippen LogP contribution in [0.1, 0.15) is 39.3 Å². The molecule has 1 atom stereocenters. The van der Waals surface area contributed by atoms with Gasteiger partial charge in [-0.3, -0.25) is 0 Å². The first kappa shape index (κ1) is 11.7. The van der Waals surface area contributed by atoms with Gasteiger partial charge in [0.2, 0.25) is 0 Å². The lowest BCUT2D eigenvalue weighted by atomic mass is 9.75. The third-order valence-electron chi connectivity index (χ3n) is 4.52. The van der Waals surface area contributed by atoms with Crippen LogP contribution in [0.3, 0.4) is 0 Å². The Morgan fingerprint density at radius 3 is 2.45 bits per heavy atom. The predicted molar refractivity (Wildman–Crippen MR) is 85.8 cm³/mol. The van der Waals surface area contributed by atoms with Gasteiger partial charge in [0.05, 0.1) is 0 Å². The van der Waals surface area contributed by atoms with Gasteiger partial charge in [-0.2, -0.15) is 0 Å². The Labute approximate surface area is 120 Å². The maximum absolute atomic E-state index is 2.37. The number of aryl methyl sites for hydroxylation is 2. The average Bonchev–Trinajstić information content (AvgIpc) is 2.44. The zero-order valence-corrected chi connectivity index (χ0v) is 12.0. The number of hydrogen-bond acceptors (Lipinski definition) is 0. The first-order chi connectivity index (χ1) is 9.70. The van der Waals surface area contributed by atoms with Crippen LogP contribution in [0.25, 0.3) is 12.2 Å². The van der Waals surface area contributed by atoms with Crippen LogP contribution < -0.4 is 0 Å². The highest BCUT2D eigenvalue weighted by Gasteiger charge is 2.25. The van der Waals surface area contributed by atoms with E-state index < -0.39 is 0 Å². The second kappa shape index (κ2) is 4.21. The quantitative estimate of drug-likeness (QED) is 0.620. The smallest absolute Gasteiger partial charge is 0.0136 e. The molecule has 98 valence electrons. The summed E-state index contributed by atoms with van der Waals surface area (Å²) in [7, 11) is 0. The third-order valence-corrected chi connectivity index (χ3v) is 4.52. The van der Waals surface area contributed by atoms with Crippen molar-refractivity contribution >= 4 is 12.2 Å². The molecule has 1 unspecified atom stereocenters. The Balaban J connectivity index is 1.87. The molecule has 0 aromatic heterocycles. The van der Waals surface area contributed by atoms with Crippen LogP contribution in [-0.2, 0) is 6.42 Å². The maximum Gasteiger partial charge on any atom is 0.0136 e. The zero-order chi connectivity index (χ0) is 13.7. The van der Waals surface area contributed by atoms with E-state index in [4.69, 9.17) is 0 Å². The van der Waals surface area contributed by atoms with E-state index in [2.05, 4.69) is 68.5 Å². The van der Waals surface area contributed by atoms with E-state index in [0.717, 1.165) is 6.42 Å². The highest BCUT2D eigenvalue weighted by Crippen LogP contribution is 2.41. The van der Waals surface area contributed by atoms with E-state index in [-0.39, 0.29) is 0 Å². The van der Waals surface area contributed by atoms with Crippen molar-refractivity contribution in [2.24, 2.45) is 0 Å². The molecule has 0 heteroatoms. The molecule has 2 aliphatic rings. The van der Waals surface area contributed by atoms with Gasteiger partial charge in [0, 0.05) is 5.92 Å². The Morgan fingerprint density at radius 1 is 0.850 bits per heavy atom. The van der Waals surface area contributed by atoms with Crippen molar-refractivity contribution in [1.82, 2.24) is 0 Å². The molecule has 2 aliphatic carbocycles. The normalized spacial score (nSPS) is 18.9. The lowest BCUT2D eigenvalue weighted by Crippen LogP contribution is -2.14. The molecule has 0 aliphatic heterocycles. The molecule has 0 nitrogen and oxygen atoms in total. The van der Waals surface area contributed by atoms with Crippen LogP contribution >= 0.6 is 0 Å². The van der Waals surface area contributed by atoms with Crippen LogP contribution in [0, 0.1) is 13.8 Å². The van der Waals surface area contributed by atoms with E-state index in [0.29, 0.717) is 5.92 Å². The lowest BCUT2D eigenvalue weighted by Gasteiger charge is -2.29. The molecule has 0 N–H and O–H groups in total. The number of benzene rings is 2. The van der Waals surface area contributed by atoms with Crippen LogP contribution in [0.2, 0.25) is 0 Å². The largest absolute Gasteiger partial charge is 0.0590 e. The fraction of sp³-hybridized carbons (Fsp3) is 0.200. The maximum atomic E-state index is 2.37. The fourth-order valence-electron chi connectivity index (χ4n) is 3.45. The Bertz CT molecular complexity index is 760. The van der Waals surface area contributed by atoms with Crippen molar-refractivity contribution in [3.63, 3.8) is 0 Å². The molecule has 0 saturated carbocycles. The molecule has 0 fully saturated rings. The summed E-state index contributed by atoms with van der Waals surface area (Å²) in [4.78, 5) is 0. The molecule has 2 aromatic carbocycles. The summed E-state index contributed by atoms with van der Waals surface area (Å²) in [5.74, 6) is 0.533. The monoisotopic (exact) mass is 258 g/mol. The van der Waals surface area contributed by atoms with Crippen molar-refractivity contribution < 1.29 is 0 Å². The number of rotatable bonds is 0. The molecule has 0 amide bonds. The van der Waals surface area contributed by atoms with Crippen LogP contribution in [0.4, 0.5) is 0 Å². The molecule has 0 saturated heterocycles. The highest BCUT2D eigenvalue weighted by atomic mass is 14.3. The first-order valence-corrected chi connectivity index (χ1v) is 7.30. The van der Waals surface area contributed by atoms with Gasteiger partial charge in [0.25, 0.3) is 0 Å². The number of hydrogen-bond donors (Lipinski definition) is 0. The number of allylic oxidation sites excluding steroid dienone is 2. The van der Waals surface area contributed by atoms with Gasteiger partial charge >= 0.3 is 0 Å². The molecule has 0 heterocycles. The Morgan fingerprint density at radius 2 is 1.60 bits per heavy atom. The minimum Gasteiger partial charge on any atom is -0.0590 e. The summed E-state index contributed by atoms with van der Waals surface area (Å²) >= 11 is 0. The minimum absolute atomic E-state index is 0.533. The Kier molecular flexibility index (Phi) is 2.47. The van der Waals surface area contributed by atoms with Gasteiger partial charge < -0.3 is 0 Å². The summed E-state index contributed by atoms with van der Waals surface area (Å²) < 4.78 is 0. The SMILES string of the molecule is Cc1ccc2c(c1)C=C1C=Cc3cc(C)ccc3C1C2. The van der Waals surface area contributed by atoms with Gasteiger partial charge in [-0.05, 0) is 48.1 Å². The van der Waals surface area contributed by atoms with Gasteiger partial charge in [0.15, 0.2) is 0 Å². The van der Waals surface area contributed by atoms with Crippen molar-refractivity contribution in [3.8, 4) is 0 Å². The van der Waals surface area contributed by atoms with Crippen molar-refractivity contribution in [3.05, 3.63) is 81.4 Å². The summed E-state index contributed by atoms with van der Waals surface area (Å²) in [6.45, 7) is 4.33. The minimum atomic E-state index is 0.533. The number of fused-ring (bicyclic) bond motifs is 4. The molecular weight excluding hydrogens is 240 g/mol. The molecule has 4 rings (SSSR count). The fourth-order valence-corrected chi connectivity index (χ4v) is 3.45. The van der Waals surface area contributed by atoms with E-state index >= 15 is 0 Å². The lowest BCUT2D eigenvalue weighted by molar-refractivity contribution is 0.788. The van der Waals surface area contributed by atoms with E-state index in [1.165, 1.54) is 39.0 Å². The summed E-state index contributed by atoms with van der Waals surface area (Å²) in [6, 6.07) is 13.7. The van der Waals surface area contributed by atoms with Crippen LogP contribution in [0.15, 0.2) is 48.0 Å². The third kappa shape index (κ3) is 1.76. The molecular formula is C20H18. The summed E-state index contributed by atoms with van der Waals surface area (Å²) in [6.07, 6.45) is 8.07. The average molecular weight is 258 g/mol. The van der Waals surface area contributed by atoms with E-state index in [1.54, 1.807) is 0 Å². The second-order valence-electron chi connectivity index (χ2n) is 6.07. The zero-order valence-electron chi connectivity index (χ0n) is 12.0. The van der Waals surface area contributed by atoms with Gasteiger partial charge in [0.1, 0.15) is 0 Å². The van der Waals surface area contributed by atoms with Crippen molar-refractivity contribution in [2.45, 2.75) is 26.2 Å². The topological polar surface area (TPSA) is 0 Å². The summed E-state index contributed by atoms with van der Waals surface area (Å²) in [5.41, 5.74) is 9.89. The molecule has 0 bridgehead atoms.